The number of benzene rings is 2. The Bertz CT molecular complexity index is 1120. The van der Waals surface area contributed by atoms with Crippen molar-refractivity contribution in [2.24, 2.45) is 0 Å². The molecule has 1 aromatic heterocycles. The molecule has 1 saturated carbocycles. The fraction of sp³-hybridized carbons (Fsp3) is 0.400. The monoisotopic (exact) mass is 462 g/mol. The van der Waals surface area contributed by atoms with Crippen molar-refractivity contribution in [1.82, 2.24) is 25.5 Å². The standard InChI is InChI=1S/C25H30N6O3/c1-3-34-22-11-7-6-10-21(22)30(16-23(32)26-20-8-4-5-9-20)24(33)17-31-28-25(27-29-31)19-14-12-18(2)13-15-19/h6-7,10-15,20H,3-5,8-9,16-17H2,1-2H3,(H,26,32). The SMILES string of the molecule is CCOc1ccccc1N(CC(=O)NC1CCCC1)C(=O)Cn1nnc(-c2ccc(C)cc2)n1. The van der Waals surface area contributed by atoms with E-state index >= 15 is 0 Å². The predicted molar refractivity (Wildman–Crippen MR) is 128 cm³/mol. The van der Waals surface area contributed by atoms with Crippen LogP contribution in [0.15, 0.2) is 48.5 Å². The van der Waals surface area contributed by atoms with Gasteiger partial charge in [-0.25, -0.2) is 0 Å². The molecule has 34 heavy (non-hydrogen) atoms. The summed E-state index contributed by atoms with van der Waals surface area (Å²) in [6.45, 7) is 4.05. The smallest absolute Gasteiger partial charge is 0.251 e. The molecule has 178 valence electrons. The molecule has 9 nitrogen and oxygen atoms in total. The molecule has 0 aliphatic heterocycles. The summed E-state index contributed by atoms with van der Waals surface area (Å²) in [4.78, 5) is 28.9. The summed E-state index contributed by atoms with van der Waals surface area (Å²) in [7, 11) is 0. The molecule has 9 heteroatoms. The largest absolute Gasteiger partial charge is 0.492 e. The van der Waals surface area contributed by atoms with E-state index in [1.54, 1.807) is 12.1 Å². The van der Waals surface area contributed by atoms with Gasteiger partial charge < -0.3 is 10.1 Å². The van der Waals surface area contributed by atoms with Crippen LogP contribution in [-0.4, -0.2) is 51.2 Å². The molecule has 0 atom stereocenters. The minimum absolute atomic E-state index is 0.112. The van der Waals surface area contributed by atoms with Gasteiger partial charge in [0.05, 0.1) is 12.3 Å². The van der Waals surface area contributed by atoms with Crippen LogP contribution in [0.3, 0.4) is 0 Å². The van der Waals surface area contributed by atoms with Gasteiger partial charge in [-0.1, -0.05) is 54.8 Å². The van der Waals surface area contributed by atoms with Crippen molar-refractivity contribution >= 4 is 17.5 Å². The molecule has 2 amide bonds. The normalized spacial score (nSPS) is 13.6. The maximum Gasteiger partial charge on any atom is 0.251 e. The van der Waals surface area contributed by atoms with Gasteiger partial charge in [0, 0.05) is 11.6 Å². The lowest BCUT2D eigenvalue weighted by Gasteiger charge is -2.25. The second-order valence-electron chi connectivity index (χ2n) is 8.44. The summed E-state index contributed by atoms with van der Waals surface area (Å²) < 4.78 is 5.73. The Morgan fingerprint density at radius 1 is 1.12 bits per heavy atom. The van der Waals surface area contributed by atoms with Crippen LogP contribution in [0.2, 0.25) is 0 Å². The fourth-order valence-corrected chi connectivity index (χ4v) is 4.09. The first-order chi connectivity index (χ1) is 16.5. The van der Waals surface area contributed by atoms with Gasteiger partial charge in [-0.3, -0.25) is 14.5 Å². The molecule has 1 N–H and O–H groups in total. The molecule has 0 radical (unpaired) electrons. The first-order valence-electron chi connectivity index (χ1n) is 11.7. The van der Waals surface area contributed by atoms with E-state index in [0.717, 1.165) is 36.8 Å². The number of nitrogens with one attached hydrogen (secondary N) is 1. The number of aryl methyl sites for hydroxylation is 1. The van der Waals surface area contributed by atoms with Gasteiger partial charge in [0.15, 0.2) is 0 Å². The summed E-state index contributed by atoms with van der Waals surface area (Å²) in [5, 5.41) is 15.6. The van der Waals surface area contributed by atoms with Crippen molar-refractivity contribution in [3.8, 4) is 17.1 Å². The Labute approximate surface area is 199 Å². The molecule has 0 spiro atoms. The van der Waals surface area contributed by atoms with E-state index in [4.69, 9.17) is 4.74 Å². The quantitative estimate of drug-likeness (QED) is 0.524. The number of ether oxygens (including phenoxy) is 1. The molecule has 0 saturated heterocycles. The maximum atomic E-state index is 13.4. The number of aromatic nitrogens is 4. The van der Waals surface area contributed by atoms with Crippen LogP contribution in [0.4, 0.5) is 5.69 Å². The van der Waals surface area contributed by atoms with Gasteiger partial charge in [0.25, 0.3) is 5.91 Å². The van der Waals surface area contributed by atoms with Crippen LogP contribution in [-0.2, 0) is 16.1 Å². The molecule has 1 fully saturated rings. The van der Waals surface area contributed by atoms with Crippen molar-refractivity contribution in [3.63, 3.8) is 0 Å². The van der Waals surface area contributed by atoms with Crippen LogP contribution < -0.4 is 15.0 Å². The maximum absolute atomic E-state index is 13.4. The lowest BCUT2D eigenvalue weighted by Crippen LogP contribution is -2.45. The van der Waals surface area contributed by atoms with Gasteiger partial charge in [0.1, 0.15) is 18.8 Å². The summed E-state index contributed by atoms with van der Waals surface area (Å²) in [5.74, 6) is 0.451. The Morgan fingerprint density at radius 2 is 1.85 bits per heavy atom. The number of hydrogen-bond acceptors (Lipinski definition) is 6. The number of anilines is 1. The lowest BCUT2D eigenvalue weighted by atomic mass is 10.1. The van der Waals surface area contributed by atoms with Gasteiger partial charge in [-0.05, 0) is 44.0 Å². The molecule has 0 bridgehead atoms. The van der Waals surface area contributed by atoms with Gasteiger partial charge >= 0.3 is 0 Å². The van der Waals surface area contributed by atoms with Crippen LogP contribution >= 0.6 is 0 Å². The lowest BCUT2D eigenvalue weighted by molar-refractivity contribution is -0.124. The Balaban J connectivity index is 1.53. The van der Waals surface area contributed by atoms with Crippen molar-refractivity contribution in [3.05, 3.63) is 54.1 Å². The van der Waals surface area contributed by atoms with Gasteiger partial charge in [0.2, 0.25) is 11.7 Å². The summed E-state index contributed by atoms with van der Waals surface area (Å²) in [6.07, 6.45) is 4.17. The zero-order chi connectivity index (χ0) is 23.9. The number of hydrogen-bond donors (Lipinski definition) is 1. The third kappa shape index (κ3) is 5.78. The highest BCUT2D eigenvalue weighted by Gasteiger charge is 2.25. The molecule has 1 aliphatic carbocycles. The summed E-state index contributed by atoms with van der Waals surface area (Å²) in [5.41, 5.74) is 2.49. The zero-order valence-electron chi connectivity index (χ0n) is 19.6. The molecule has 1 aliphatic rings. The topological polar surface area (TPSA) is 102 Å². The Hall–Kier alpha value is -3.75. The summed E-state index contributed by atoms with van der Waals surface area (Å²) >= 11 is 0. The number of rotatable bonds is 9. The highest BCUT2D eigenvalue weighted by molar-refractivity contribution is 5.99. The van der Waals surface area contributed by atoms with Crippen LogP contribution in [0, 0.1) is 6.92 Å². The van der Waals surface area contributed by atoms with Gasteiger partial charge in [-0.15, -0.1) is 10.2 Å². The number of carbonyl (C=O) groups is 2. The number of amides is 2. The zero-order valence-corrected chi connectivity index (χ0v) is 19.6. The molecule has 4 rings (SSSR count). The number of tetrazole rings is 1. The average molecular weight is 463 g/mol. The van der Waals surface area contributed by atoms with Crippen LogP contribution in [0.1, 0.15) is 38.2 Å². The van der Waals surface area contributed by atoms with Crippen molar-refractivity contribution in [1.29, 1.82) is 0 Å². The van der Waals surface area contributed by atoms with Crippen molar-refractivity contribution in [2.45, 2.75) is 52.1 Å². The first kappa shape index (κ1) is 23.4. The molecule has 3 aromatic rings. The molecular formula is C25H30N6O3. The highest BCUT2D eigenvalue weighted by Crippen LogP contribution is 2.28. The Morgan fingerprint density at radius 3 is 2.59 bits per heavy atom. The molecular weight excluding hydrogens is 432 g/mol. The van der Waals surface area contributed by atoms with Gasteiger partial charge in [-0.2, -0.15) is 4.80 Å². The van der Waals surface area contributed by atoms with Crippen molar-refractivity contribution in [2.75, 3.05) is 18.1 Å². The summed E-state index contributed by atoms with van der Waals surface area (Å²) in [6, 6.07) is 15.1. The van der Waals surface area contributed by atoms with E-state index in [1.807, 2.05) is 50.2 Å². The third-order valence-electron chi connectivity index (χ3n) is 5.82. The van der Waals surface area contributed by atoms with E-state index in [1.165, 1.54) is 9.70 Å². The molecule has 0 unspecified atom stereocenters. The fourth-order valence-electron chi connectivity index (χ4n) is 4.09. The predicted octanol–water partition coefficient (Wildman–Crippen LogP) is 3.14. The van der Waals surface area contributed by atoms with Crippen LogP contribution in [0.5, 0.6) is 5.75 Å². The van der Waals surface area contributed by atoms with E-state index in [0.29, 0.717) is 23.9 Å². The molecule has 2 aromatic carbocycles. The number of para-hydroxylation sites is 2. The van der Waals surface area contributed by atoms with E-state index in [-0.39, 0.29) is 30.9 Å². The minimum atomic E-state index is -0.332. The van der Waals surface area contributed by atoms with Crippen molar-refractivity contribution < 1.29 is 14.3 Å². The second kappa shape index (κ2) is 10.9. The first-order valence-corrected chi connectivity index (χ1v) is 11.7. The van der Waals surface area contributed by atoms with Crippen LogP contribution in [0.25, 0.3) is 11.4 Å². The molecule has 1 heterocycles. The minimum Gasteiger partial charge on any atom is -0.492 e. The third-order valence-corrected chi connectivity index (χ3v) is 5.82. The highest BCUT2D eigenvalue weighted by atomic mass is 16.5. The van der Waals surface area contributed by atoms with E-state index < -0.39 is 0 Å². The second-order valence-corrected chi connectivity index (χ2v) is 8.44. The number of carbonyl (C=O) groups excluding carboxylic acids is 2. The Kier molecular flexibility index (Phi) is 7.51. The van der Waals surface area contributed by atoms with E-state index in [9.17, 15) is 9.59 Å². The van der Waals surface area contributed by atoms with E-state index in [2.05, 4.69) is 20.7 Å². The average Bonchev–Trinajstić information content (AvgIpc) is 3.51. The number of nitrogens with zero attached hydrogens (tertiary/aromatic N) is 5.